The highest BCUT2D eigenvalue weighted by Gasteiger charge is 2.37. The van der Waals surface area contributed by atoms with Gasteiger partial charge in [-0.2, -0.15) is 18.3 Å². The third-order valence-electron chi connectivity index (χ3n) is 7.40. The van der Waals surface area contributed by atoms with E-state index < -0.39 is 29.4 Å². The molecule has 0 saturated heterocycles. The molecule has 0 unspecified atom stereocenters. The average Bonchev–Trinajstić information content (AvgIpc) is 3.76. The number of amides is 1. The van der Waals surface area contributed by atoms with Crippen LogP contribution in [0.4, 0.5) is 19.0 Å². The summed E-state index contributed by atoms with van der Waals surface area (Å²) in [5, 5.41) is 7.06. The number of aromatic nitrogens is 7. The van der Waals surface area contributed by atoms with Crippen molar-refractivity contribution < 1.29 is 18.0 Å². The number of nitrogen functional groups attached to an aromatic ring is 1. The Labute approximate surface area is 242 Å². The van der Waals surface area contributed by atoms with E-state index in [2.05, 4.69) is 20.4 Å². The predicted octanol–water partition coefficient (Wildman–Crippen LogP) is 5.08. The van der Waals surface area contributed by atoms with Crippen LogP contribution in [0, 0.1) is 0 Å². The van der Waals surface area contributed by atoms with Crippen LogP contribution in [-0.4, -0.2) is 40.2 Å². The quantitative estimate of drug-likeness (QED) is 0.290. The summed E-state index contributed by atoms with van der Waals surface area (Å²) in [4.78, 5) is 30.3. The lowest BCUT2D eigenvalue weighted by molar-refractivity contribution is -0.141. The van der Waals surface area contributed by atoms with Crippen molar-refractivity contribution in [2.24, 2.45) is 0 Å². The fourth-order valence-corrected chi connectivity index (χ4v) is 5.45. The number of carbonyl (C=O) groups excluding carboxylic acids is 1. The standard InChI is InChI=1S/C30H22F3N9O/c31-30(32,33)25-20(4-1-12-35-25)29(43)39-22-9-6-17-16-18(7-8-19(17)22)42-27(21-5-2-13-36-26(21)34)38-23-10-11-24(40-28(23)42)41-15-3-14-37-41/h1-5,7-8,10-16,22H,6,9H2,(H2,34,36)(H,39,43)/t22-/m0/s1. The van der Waals surface area contributed by atoms with E-state index in [1.54, 1.807) is 35.4 Å². The van der Waals surface area contributed by atoms with Crippen molar-refractivity contribution in [2.45, 2.75) is 25.1 Å². The molecular formula is C30H22F3N9O. The summed E-state index contributed by atoms with van der Waals surface area (Å²) < 4.78 is 43.9. The number of alkyl halides is 3. The molecule has 43 heavy (non-hydrogen) atoms. The first-order chi connectivity index (χ1) is 20.8. The number of nitrogens with zero attached hydrogens (tertiary/aromatic N) is 7. The monoisotopic (exact) mass is 581 g/mol. The Kier molecular flexibility index (Phi) is 6.15. The van der Waals surface area contributed by atoms with Gasteiger partial charge in [-0.25, -0.2) is 19.6 Å². The number of nitrogens with two attached hydrogens (primary N) is 1. The molecule has 1 amide bonds. The molecule has 0 spiro atoms. The van der Waals surface area contributed by atoms with Crippen LogP contribution in [0.3, 0.4) is 0 Å². The molecular weight excluding hydrogens is 559 g/mol. The minimum absolute atomic E-state index is 0.309. The molecule has 10 nitrogen and oxygen atoms in total. The number of benzene rings is 1. The van der Waals surface area contributed by atoms with Gasteiger partial charge < -0.3 is 11.1 Å². The summed E-state index contributed by atoms with van der Waals surface area (Å²) in [7, 11) is 0. The maximum Gasteiger partial charge on any atom is 0.434 e. The number of hydrogen-bond donors (Lipinski definition) is 2. The number of anilines is 1. The number of nitrogens with one attached hydrogen (secondary N) is 1. The molecule has 1 aliphatic carbocycles. The van der Waals surface area contributed by atoms with E-state index in [4.69, 9.17) is 15.7 Å². The third kappa shape index (κ3) is 4.64. The van der Waals surface area contributed by atoms with Gasteiger partial charge in [0.2, 0.25) is 0 Å². The zero-order chi connectivity index (χ0) is 29.7. The predicted molar refractivity (Wildman–Crippen MR) is 151 cm³/mol. The Bertz CT molecular complexity index is 2000. The Morgan fingerprint density at radius 2 is 1.81 bits per heavy atom. The second-order valence-electron chi connectivity index (χ2n) is 10.0. The lowest BCUT2D eigenvalue weighted by Crippen LogP contribution is -2.29. The lowest BCUT2D eigenvalue weighted by Gasteiger charge is -2.17. The average molecular weight is 582 g/mol. The molecule has 0 saturated carbocycles. The highest BCUT2D eigenvalue weighted by atomic mass is 19.4. The minimum atomic E-state index is -4.75. The lowest BCUT2D eigenvalue weighted by atomic mass is 10.1. The van der Waals surface area contributed by atoms with Gasteiger partial charge in [0.1, 0.15) is 11.3 Å². The smallest absolute Gasteiger partial charge is 0.383 e. The van der Waals surface area contributed by atoms with Crippen molar-refractivity contribution in [3.63, 3.8) is 0 Å². The first-order valence-electron chi connectivity index (χ1n) is 13.3. The molecule has 0 radical (unpaired) electrons. The van der Waals surface area contributed by atoms with Gasteiger partial charge in [0, 0.05) is 30.5 Å². The fraction of sp³-hybridized carbons (Fsp3) is 0.133. The molecule has 1 aromatic carbocycles. The zero-order valence-electron chi connectivity index (χ0n) is 22.3. The Balaban J connectivity index is 1.29. The molecule has 13 heteroatoms. The molecule has 3 N–H and O–H groups in total. The van der Waals surface area contributed by atoms with Crippen molar-refractivity contribution in [1.29, 1.82) is 0 Å². The first kappa shape index (κ1) is 26.3. The van der Waals surface area contributed by atoms with Crippen LogP contribution in [0.25, 0.3) is 34.1 Å². The van der Waals surface area contributed by atoms with Crippen LogP contribution in [0.1, 0.15) is 39.6 Å². The van der Waals surface area contributed by atoms with Crippen molar-refractivity contribution in [2.75, 3.05) is 5.73 Å². The van der Waals surface area contributed by atoms with E-state index >= 15 is 0 Å². The second kappa shape index (κ2) is 10.0. The summed E-state index contributed by atoms with van der Waals surface area (Å²) in [6.45, 7) is 0. The highest BCUT2D eigenvalue weighted by Crippen LogP contribution is 2.37. The number of fused-ring (bicyclic) bond motifs is 2. The molecule has 0 aliphatic heterocycles. The molecule has 7 rings (SSSR count). The Hall–Kier alpha value is -5.59. The fourth-order valence-electron chi connectivity index (χ4n) is 5.45. The number of hydrogen-bond acceptors (Lipinski definition) is 7. The van der Waals surface area contributed by atoms with Gasteiger partial charge in [-0.3, -0.25) is 14.3 Å². The molecule has 214 valence electrons. The van der Waals surface area contributed by atoms with E-state index in [9.17, 15) is 18.0 Å². The summed E-state index contributed by atoms with van der Waals surface area (Å²) >= 11 is 0. The molecule has 0 fully saturated rings. The van der Waals surface area contributed by atoms with Crippen LogP contribution in [0.5, 0.6) is 0 Å². The summed E-state index contributed by atoms with van der Waals surface area (Å²) in [5.41, 5.74) is 8.89. The summed E-state index contributed by atoms with van der Waals surface area (Å²) in [6.07, 6.45) is 2.47. The van der Waals surface area contributed by atoms with Gasteiger partial charge in [-0.15, -0.1) is 0 Å². The van der Waals surface area contributed by atoms with Crippen LogP contribution in [0.15, 0.2) is 85.5 Å². The second-order valence-corrected chi connectivity index (χ2v) is 10.0. The SMILES string of the molecule is Nc1ncccc1-c1nc2ccc(-n3cccn3)nc2n1-c1ccc2c(c1)CC[C@@H]2NC(=O)c1cccnc1C(F)(F)F. The van der Waals surface area contributed by atoms with Crippen LogP contribution in [-0.2, 0) is 12.6 Å². The normalized spacial score (nSPS) is 14.6. The van der Waals surface area contributed by atoms with Crippen molar-refractivity contribution in [3.05, 3.63) is 108 Å². The topological polar surface area (TPSA) is 129 Å². The van der Waals surface area contributed by atoms with Gasteiger partial charge in [-0.1, -0.05) is 6.07 Å². The van der Waals surface area contributed by atoms with E-state index in [1.807, 2.05) is 41.0 Å². The van der Waals surface area contributed by atoms with Crippen molar-refractivity contribution >= 4 is 22.9 Å². The van der Waals surface area contributed by atoms with E-state index in [0.717, 1.165) is 29.1 Å². The van der Waals surface area contributed by atoms with Crippen LogP contribution in [0.2, 0.25) is 0 Å². The number of imidazole rings is 1. The Morgan fingerprint density at radius 1 is 0.977 bits per heavy atom. The summed E-state index contributed by atoms with van der Waals surface area (Å²) in [6, 6.07) is 16.8. The van der Waals surface area contributed by atoms with Gasteiger partial charge >= 0.3 is 6.18 Å². The van der Waals surface area contributed by atoms with E-state index in [0.29, 0.717) is 47.0 Å². The maximum atomic E-state index is 13.5. The van der Waals surface area contributed by atoms with Crippen LogP contribution < -0.4 is 11.1 Å². The number of pyridine rings is 3. The molecule has 5 aromatic heterocycles. The molecule has 0 bridgehead atoms. The van der Waals surface area contributed by atoms with Gasteiger partial charge in [0.25, 0.3) is 5.91 Å². The van der Waals surface area contributed by atoms with Crippen molar-refractivity contribution in [1.82, 2.24) is 39.6 Å². The number of carbonyl (C=O) groups is 1. The highest BCUT2D eigenvalue weighted by molar-refractivity contribution is 5.95. The molecule has 6 aromatic rings. The minimum Gasteiger partial charge on any atom is -0.383 e. The first-order valence-corrected chi connectivity index (χ1v) is 13.3. The zero-order valence-corrected chi connectivity index (χ0v) is 22.3. The number of rotatable bonds is 5. The van der Waals surface area contributed by atoms with Gasteiger partial charge in [0.05, 0.1) is 17.2 Å². The van der Waals surface area contributed by atoms with E-state index in [1.165, 1.54) is 6.07 Å². The van der Waals surface area contributed by atoms with E-state index in [-0.39, 0.29) is 0 Å². The molecule has 1 aliphatic rings. The maximum absolute atomic E-state index is 13.5. The van der Waals surface area contributed by atoms with Gasteiger partial charge in [-0.05, 0) is 78.6 Å². The number of aryl methyl sites for hydroxylation is 1. The third-order valence-corrected chi connectivity index (χ3v) is 7.40. The van der Waals surface area contributed by atoms with Crippen LogP contribution >= 0.6 is 0 Å². The Morgan fingerprint density at radius 3 is 2.60 bits per heavy atom. The molecule has 1 atom stereocenters. The number of halogens is 3. The van der Waals surface area contributed by atoms with Gasteiger partial charge in [0.15, 0.2) is 23.0 Å². The summed E-state index contributed by atoms with van der Waals surface area (Å²) in [5.74, 6) is 0.628. The molecule has 5 heterocycles. The van der Waals surface area contributed by atoms with Crippen molar-refractivity contribution in [3.8, 4) is 22.9 Å². The largest absolute Gasteiger partial charge is 0.434 e.